The lowest BCUT2D eigenvalue weighted by molar-refractivity contribution is 0.0510. The largest absolute Gasteiger partial charge is 0.380 e. The first-order valence-corrected chi connectivity index (χ1v) is 11.4. The minimum Gasteiger partial charge on any atom is -0.380 e. The summed E-state index contributed by atoms with van der Waals surface area (Å²) < 4.78 is 6.41. The highest BCUT2D eigenvalue weighted by molar-refractivity contribution is 5.31. The first-order chi connectivity index (χ1) is 13.6. The van der Waals surface area contributed by atoms with E-state index in [-0.39, 0.29) is 10.8 Å². The lowest BCUT2D eigenvalue weighted by Crippen LogP contribution is -2.33. The highest BCUT2D eigenvalue weighted by Gasteiger charge is 2.29. The molecule has 2 atom stereocenters. The predicted octanol–water partition coefficient (Wildman–Crippen LogP) is 7.99. The summed E-state index contributed by atoms with van der Waals surface area (Å²) >= 11 is 0. The van der Waals surface area contributed by atoms with Crippen LogP contribution in [0.3, 0.4) is 0 Å². The van der Waals surface area contributed by atoms with Gasteiger partial charge in [-0.15, -0.1) is 0 Å². The van der Waals surface area contributed by atoms with Crippen molar-refractivity contribution in [1.29, 1.82) is 0 Å². The summed E-state index contributed by atoms with van der Waals surface area (Å²) in [4.78, 5) is 0. The topological polar surface area (TPSA) is 9.23 Å². The zero-order chi connectivity index (χ0) is 21.7. The van der Waals surface area contributed by atoms with E-state index < -0.39 is 0 Å². The molecule has 0 radical (unpaired) electrons. The lowest BCUT2D eigenvalue weighted by Gasteiger charge is -2.33. The van der Waals surface area contributed by atoms with Crippen LogP contribution in [0.25, 0.3) is 0 Å². The summed E-state index contributed by atoms with van der Waals surface area (Å²) in [7, 11) is 0. The summed E-state index contributed by atoms with van der Waals surface area (Å²) in [6, 6.07) is 18.3. The van der Waals surface area contributed by atoms with Crippen LogP contribution < -0.4 is 0 Å². The Balaban J connectivity index is 2.09. The third-order valence-electron chi connectivity index (χ3n) is 6.95. The van der Waals surface area contributed by atoms with E-state index >= 15 is 0 Å². The van der Waals surface area contributed by atoms with Crippen molar-refractivity contribution in [2.75, 3.05) is 13.2 Å². The molecule has 0 bridgehead atoms. The van der Waals surface area contributed by atoms with Gasteiger partial charge in [-0.05, 0) is 46.9 Å². The molecule has 0 spiro atoms. The van der Waals surface area contributed by atoms with Gasteiger partial charge in [0.1, 0.15) is 0 Å². The average molecular weight is 395 g/mol. The van der Waals surface area contributed by atoms with Crippen molar-refractivity contribution in [2.45, 2.75) is 90.9 Å². The normalized spacial score (nSPS) is 16.1. The van der Waals surface area contributed by atoms with Crippen molar-refractivity contribution in [3.63, 3.8) is 0 Å². The van der Waals surface area contributed by atoms with Crippen LogP contribution in [-0.2, 0) is 15.6 Å². The fourth-order valence-electron chi connectivity index (χ4n) is 3.82. The number of hydrogen-bond acceptors (Lipinski definition) is 1. The molecule has 29 heavy (non-hydrogen) atoms. The zero-order valence-electron chi connectivity index (χ0n) is 20.0. The standard InChI is InChI=1S/C28H42O/c1-9-27(7,25-15-11-23(12-16-25)21(3)4)19-29-20-28(8,10-2)26-17-13-24(14-18-26)22(5)6/h11-18,21-22H,9-10,19-20H2,1-8H3. The predicted molar refractivity (Wildman–Crippen MR) is 127 cm³/mol. The van der Waals surface area contributed by atoms with Crippen molar-refractivity contribution in [2.24, 2.45) is 0 Å². The number of benzene rings is 2. The first-order valence-electron chi connectivity index (χ1n) is 11.4. The second kappa shape index (κ2) is 9.94. The van der Waals surface area contributed by atoms with Crippen LogP contribution in [0, 0.1) is 0 Å². The van der Waals surface area contributed by atoms with Gasteiger partial charge in [-0.25, -0.2) is 0 Å². The second-order valence-electron chi connectivity index (χ2n) is 9.87. The SMILES string of the molecule is CCC(C)(COCC(C)(CC)c1ccc(C(C)C)cc1)c1ccc(C(C)C)cc1. The van der Waals surface area contributed by atoms with Crippen LogP contribution in [0.5, 0.6) is 0 Å². The fraction of sp³-hybridized carbons (Fsp3) is 0.571. The third kappa shape index (κ3) is 5.72. The molecule has 0 amide bonds. The zero-order valence-corrected chi connectivity index (χ0v) is 20.0. The van der Waals surface area contributed by atoms with Crippen LogP contribution >= 0.6 is 0 Å². The van der Waals surface area contributed by atoms with E-state index in [1.807, 2.05) is 0 Å². The summed E-state index contributed by atoms with van der Waals surface area (Å²) in [6.45, 7) is 19.7. The quantitative estimate of drug-likeness (QED) is 0.397. The van der Waals surface area contributed by atoms with Gasteiger partial charge in [-0.3, -0.25) is 0 Å². The Hall–Kier alpha value is -1.60. The molecule has 0 aliphatic carbocycles. The maximum absolute atomic E-state index is 6.41. The van der Waals surface area contributed by atoms with Crippen LogP contribution in [0.4, 0.5) is 0 Å². The summed E-state index contributed by atoms with van der Waals surface area (Å²) in [5.41, 5.74) is 5.65. The molecule has 160 valence electrons. The van der Waals surface area contributed by atoms with E-state index in [2.05, 4.69) is 104 Å². The minimum absolute atomic E-state index is 0.0473. The molecule has 0 aliphatic rings. The Bertz CT molecular complexity index is 675. The molecule has 0 aromatic heterocycles. The van der Waals surface area contributed by atoms with E-state index in [9.17, 15) is 0 Å². The van der Waals surface area contributed by atoms with Crippen molar-refractivity contribution < 1.29 is 4.74 Å². The van der Waals surface area contributed by atoms with Crippen molar-refractivity contribution in [3.05, 3.63) is 70.8 Å². The molecule has 1 nitrogen and oxygen atoms in total. The molecule has 0 heterocycles. The van der Waals surface area contributed by atoms with E-state index in [1.54, 1.807) is 0 Å². The van der Waals surface area contributed by atoms with Gasteiger partial charge < -0.3 is 4.74 Å². The van der Waals surface area contributed by atoms with Crippen LogP contribution in [-0.4, -0.2) is 13.2 Å². The van der Waals surface area contributed by atoms with Gasteiger partial charge in [-0.1, -0.05) is 104 Å². The monoisotopic (exact) mass is 394 g/mol. The Labute approximate surface area is 179 Å². The van der Waals surface area contributed by atoms with Gasteiger partial charge in [0.15, 0.2) is 0 Å². The second-order valence-corrected chi connectivity index (χ2v) is 9.87. The molecule has 0 saturated heterocycles. The van der Waals surface area contributed by atoms with E-state index in [0.717, 1.165) is 26.1 Å². The Morgan fingerprint density at radius 3 is 1.17 bits per heavy atom. The number of hydrogen-bond donors (Lipinski definition) is 0. The van der Waals surface area contributed by atoms with E-state index in [1.165, 1.54) is 22.3 Å². The summed E-state index contributed by atoms with van der Waals surface area (Å²) in [6.07, 6.45) is 2.14. The van der Waals surface area contributed by atoms with Gasteiger partial charge in [0.2, 0.25) is 0 Å². The first kappa shape index (κ1) is 23.7. The molecule has 0 saturated carbocycles. The van der Waals surface area contributed by atoms with Gasteiger partial charge in [0.25, 0.3) is 0 Å². The van der Waals surface area contributed by atoms with E-state index in [4.69, 9.17) is 4.74 Å². The Morgan fingerprint density at radius 1 is 0.621 bits per heavy atom. The highest BCUT2D eigenvalue weighted by atomic mass is 16.5. The van der Waals surface area contributed by atoms with Gasteiger partial charge in [0, 0.05) is 10.8 Å². The molecule has 0 N–H and O–H groups in total. The summed E-state index contributed by atoms with van der Waals surface area (Å²) in [5, 5.41) is 0. The molecule has 2 rings (SSSR count). The molecule has 0 aliphatic heterocycles. The number of rotatable bonds is 10. The average Bonchev–Trinajstić information content (AvgIpc) is 2.73. The van der Waals surface area contributed by atoms with Crippen LogP contribution in [0.2, 0.25) is 0 Å². The highest BCUT2D eigenvalue weighted by Crippen LogP contribution is 2.33. The smallest absolute Gasteiger partial charge is 0.0560 e. The fourth-order valence-corrected chi connectivity index (χ4v) is 3.82. The lowest BCUT2D eigenvalue weighted by atomic mass is 9.79. The van der Waals surface area contributed by atoms with Crippen molar-refractivity contribution >= 4 is 0 Å². The third-order valence-corrected chi connectivity index (χ3v) is 6.95. The molecule has 1 heteroatoms. The maximum Gasteiger partial charge on any atom is 0.0560 e. The maximum atomic E-state index is 6.41. The summed E-state index contributed by atoms with van der Waals surface area (Å²) in [5.74, 6) is 1.14. The molecule has 2 aromatic carbocycles. The van der Waals surface area contributed by atoms with Gasteiger partial charge in [-0.2, -0.15) is 0 Å². The number of ether oxygens (including phenoxy) is 1. The van der Waals surface area contributed by atoms with Gasteiger partial charge in [0.05, 0.1) is 13.2 Å². The Kier molecular flexibility index (Phi) is 8.11. The Morgan fingerprint density at radius 2 is 0.931 bits per heavy atom. The van der Waals surface area contributed by atoms with Crippen molar-refractivity contribution in [3.8, 4) is 0 Å². The molecule has 2 unspecified atom stereocenters. The van der Waals surface area contributed by atoms with E-state index in [0.29, 0.717) is 11.8 Å². The molecule has 0 fully saturated rings. The van der Waals surface area contributed by atoms with Crippen LogP contribution in [0.1, 0.15) is 102 Å². The van der Waals surface area contributed by atoms with Crippen LogP contribution in [0.15, 0.2) is 48.5 Å². The van der Waals surface area contributed by atoms with Crippen molar-refractivity contribution in [1.82, 2.24) is 0 Å². The molecular formula is C28H42O. The van der Waals surface area contributed by atoms with Gasteiger partial charge >= 0.3 is 0 Å². The minimum atomic E-state index is 0.0473. The molecular weight excluding hydrogens is 352 g/mol. The molecule has 2 aromatic rings.